The number of carbonyl (C=O) groups is 1. The Hall–Kier alpha value is -2.88. The van der Waals surface area contributed by atoms with Crippen molar-refractivity contribution in [2.75, 3.05) is 11.9 Å². The van der Waals surface area contributed by atoms with Gasteiger partial charge in [-0.25, -0.2) is 0 Å². The normalized spacial score (nSPS) is 11.1. The summed E-state index contributed by atoms with van der Waals surface area (Å²) in [6, 6.07) is 4.15. The number of rotatable bonds is 6. The van der Waals surface area contributed by atoms with Crippen molar-refractivity contribution in [1.29, 1.82) is 0 Å². The highest BCUT2D eigenvalue weighted by molar-refractivity contribution is 6.31. The van der Waals surface area contributed by atoms with Crippen LogP contribution in [0, 0.1) is 10.1 Å². The van der Waals surface area contributed by atoms with E-state index < -0.39 is 33.3 Å². The minimum Gasteiger partial charge on any atom is -0.466 e. The molecule has 0 aliphatic rings. The average molecular weight is 404 g/mol. The summed E-state index contributed by atoms with van der Waals surface area (Å²) < 4.78 is 43.4. The Bertz CT molecular complexity index is 857. The van der Waals surface area contributed by atoms with E-state index in [2.05, 4.69) is 10.3 Å². The van der Waals surface area contributed by atoms with Crippen molar-refractivity contribution >= 4 is 34.6 Å². The van der Waals surface area contributed by atoms with Crippen molar-refractivity contribution in [3.05, 3.63) is 56.9 Å². The highest BCUT2D eigenvalue weighted by Crippen LogP contribution is 2.40. The first-order valence-electron chi connectivity index (χ1n) is 7.54. The molecule has 0 radical (unpaired) electrons. The molecule has 1 aromatic heterocycles. The summed E-state index contributed by atoms with van der Waals surface area (Å²) in [4.78, 5) is 25.6. The topological polar surface area (TPSA) is 94.4 Å². The van der Waals surface area contributed by atoms with Crippen molar-refractivity contribution in [2.45, 2.75) is 19.5 Å². The van der Waals surface area contributed by atoms with E-state index in [1.807, 2.05) is 0 Å². The second kappa shape index (κ2) is 8.21. The summed E-state index contributed by atoms with van der Waals surface area (Å²) in [5.41, 5.74) is -1.65. The van der Waals surface area contributed by atoms with E-state index in [-0.39, 0.29) is 24.4 Å². The number of benzene rings is 1. The lowest BCUT2D eigenvalue weighted by Gasteiger charge is -2.12. The summed E-state index contributed by atoms with van der Waals surface area (Å²) in [7, 11) is 0. The third kappa shape index (κ3) is 5.30. The van der Waals surface area contributed by atoms with Gasteiger partial charge in [0, 0.05) is 6.07 Å². The fourth-order valence-corrected chi connectivity index (χ4v) is 2.42. The van der Waals surface area contributed by atoms with Gasteiger partial charge in [-0.3, -0.25) is 19.9 Å². The Balaban J connectivity index is 2.27. The number of nitro benzene ring substituents is 1. The number of nitrogens with zero attached hydrogens (tertiary/aromatic N) is 2. The van der Waals surface area contributed by atoms with E-state index >= 15 is 0 Å². The van der Waals surface area contributed by atoms with Gasteiger partial charge in [-0.15, -0.1) is 0 Å². The zero-order valence-corrected chi connectivity index (χ0v) is 14.6. The van der Waals surface area contributed by atoms with Gasteiger partial charge in [-0.1, -0.05) is 11.6 Å². The number of anilines is 2. The molecule has 0 spiro atoms. The van der Waals surface area contributed by atoms with Crippen LogP contribution in [0.1, 0.15) is 18.2 Å². The van der Waals surface area contributed by atoms with E-state index in [0.29, 0.717) is 11.8 Å². The standard InChI is InChI=1S/C16H13ClF3N3O4/c1-2-27-15(24)5-9-3-4-10(8-21-9)22-13-7-12(17)11(16(18,19)20)6-14(13)23(25)26/h3-4,6-8,22H,2,5H2,1H3. The van der Waals surface area contributed by atoms with Crippen molar-refractivity contribution in [3.63, 3.8) is 0 Å². The van der Waals surface area contributed by atoms with Gasteiger partial charge < -0.3 is 10.1 Å². The Morgan fingerprint density at radius 2 is 2.07 bits per heavy atom. The van der Waals surface area contributed by atoms with Crippen molar-refractivity contribution < 1.29 is 27.6 Å². The van der Waals surface area contributed by atoms with E-state index in [4.69, 9.17) is 16.3 Å². The summed E-state index contributed by atoms with van der Waals surface area (Å²) in [5, 5.41) is 13.1. The molecule has 0 fully saturated rings. The van der Waals surface area contributed by atoms with Gasteiger partial charge in [0.15, 0.2) is 0 Å². The second-order valence-electron chi connectivity index (χ2n) is 5.25. The first-order valence-corrected chi connectivity index (χ1v) is 7.92. The third-order valence-corrected chi connectivity index (χ3v) is 3.63. The fourth-order valence-electron chi connectivity index (χ4n) is 2.15. The molecule has 2 aromatic rings. The minimum absolute atomic E-state index is 0.0552. The van der Waals surface area contributed by atoms with Crippen LogP contribution in [0.3, 0.4) is 0 Å². The molecule has 1 N–H and O–H groups in total. The number of alkyl halides is 3. The van der Waals surface area contributed by atoms with Gasteiger partial charge in [0.2, 0.25) is 0 Å². The Morgan fingerprint density at radius 1 is 1.37 bits per heavy atom. The van der Waals surface area contributed by atoms with Gasteiger partial charge in [0.25, 0.3) is 5.69 Å². The van der Waals surface area contributed by atoms with E-state index in [1.54, 1.807) is 6.92 Å². The predicted molar refractivity (Wildman–Crippen MR) is 91.0 cm³/mol. The maximum absolute atomic E-state index is 12.9. The number of ether oxygens (including phenoxy) is 1. The molecule has 0 bridgehead atoms. The monoisotopic (exact) mass is 403 g/mol. The van der Waals surface area contributed by atoms with Gasteiger partial charge in [-0.2, -0.15) is 13.2 Å². The fraction of sp³-hybridized carbons (Fsp3) is 0.250. The molecule has 27 heavy (non-hydrogen) atoms. The molecule has 0 amide bonds. The van der Waals surface area contributed by atoms with Gasteiger partial charge in [0.1, 0.15) is 5.69 Å². The van der Waals surface area contributed by atoms with Gasteiger partial charge in [-0.05, 0) is 25.1 Å². The zero-order valence-electron chi connectivity index (χ0n) is 13.8. The summed E-state index contributed by atoms with van der Waals surface area (Å²) in [6.45, 7) is 1.90. The SMILES string of the molecule is CCOC(=O)Cc1ccc(Nc2cc(Cl)c(C(F)(F)F)cc2[N+](=O)[O-])cn1. The van der Waals surface area contributed by atoms with Gasteiger partial charge in [0.05, 0.1) is 46.1 Å². The van der Waals surface area contributed by atoms with Crippen LogP contribution in [0.5, 0.6) is 0 Å². The number of nitro groups is 1. The lowest BCUT2D eigenvalue weighted by molar-refractivity contribution is -0.384. The predicted octanol–water partition coefficient (Wildman–Crippen LogP) is 4.51. The van der Waals surface area contributed by atoms with Crippen molar-refractivity contribution in [1.82, 2.24) is 4.98 Å². The molecule has 0 saturated heterocycles. The number of esters is 1. The molecule has 144 valence electrons. The Labute approximate surface area is 156 Å². The quantitative estimate of drug-likeness (QED) is 0.433. The number of hydrogen-bond acceptors (Lipinski definition) is 6. The number of hydrogen-bond donors (Lipinski definition) is 1. The molecule has 0 aliphatic heterocycles. The first kappa shape index (κ1) is 20.4. The molecule has 1 aromatic carbocycles. The molecule has 0 atom stereocenters. The third-order valence-electron chi connectivity index (χ3n) is 3.32. The van der Waals surface area contributed by atoms with Crippen LogP contribution >= 0.6 is 11.6 Å². The van der Waals surface area contributed by atoms with E-state index in [9.17, 15) is 28.1 Å². The molecular weight excluding hydrogens is 391 g/mol. The first-order chi connectivity index (χ1) is 12.6. The summed E-state index contributed by atoms with van der Waals surface area (Å²) in [5.74, 6) is -0.462. The highest BCUT2D eigenvalue weighted by Gasteiger charge is 2.36. The maximum Gasteiger partial charge on any atom is 0.418 e. The molecule has 1 heterocycles. The van der Waals surface area contributed by atoms with Crippen LogP contribution in [0.4, 0.5) is 30.2 Å². The zero-order chi connectivity index (χ0) is 20.2. The van der Waals surface area contributed by atoms with Crippen LogP contribution in [-0.2, 0) is 22.1 Å². The second-order valence-corrected chi connectivity index (χ2v) is 5.66. The number of pyridine rings is 1. The Kier molecular flexibility index (Phi) is 6.21. The minimum atomic E-state index is -4.82. The smallest absolute Gasteiger partial charge is 0.418 e. The van der Waals surface area contributed by atoms with Crippen LogP contribution < -0.4 is 5.32 Å². The van der Waals surface area contributed by atoms with Crippen LogP contribution in [0.2, 0.25) is 5.02 Å². The lowest BCUT2D eigenvalue weighted by Crippen LogP contribution is -2.09. The molecule has 2 rings (SSSR count). The molecule has 0 unspecified atom stereocenters. The number of nitrogens with one attached hydrogen (secondary N) is 1. The van der Waals surface area contributed by atoms with Gasteiger partial charge >= 0.3 is 12.1 Å². The van der Waals surface area contributed by atoms with E-state index in [1.165, 1.54) is 18.3 Å². The summed E-state index contributed by atoms with van der Waals surface area (Å²) in [6.07, 6.45) is -3.60. The maximum atomic E-state index is 12.9. The molecular formula is C16H13ClF3N3O4. The average Bonchev–Trinajstić information content (AvgIpc) is 2.55. The largest absolute Gasteiger partial charge is 0.466 e. The highest BCUT2D eigenvalue weighted by atomic mass is 35.5. The number of aromatic nitrogens is 1. The van der Waals surface area contributed by atoms with Crippen molar-refractivity contribution in [3.8, 4) is 0 Å². The van der Waals surface area contributed by atoms with Crippen LogP contribution in [-0.4, -0.2) is 22.5 Å². The van der Waals surface area contributed by atoms with Crippen molar-refractivity contribution in [2.24, 2.45) is 0 Å². The van der Waals surface area contributed by atoms with Crippen LogP contribution in [0.15, 0.2) is 30.5 Å². The molecule has 0 aliphatic carbocycles. The number of carbonyl (C=O) groups excluding carboxylic acids is 1. The molecule has 0 saturated carbocycles. The Morgan fingerprint density at radius 3 is 2.59 bits per heavy atom. The molecule has 11 heteroatoms. The molecule has 7 nitrogen and oxygen atoms in total. The van der Waals surface area contributed by atoms with E-state index in [0.717, 1.165) is 6.07 Å². The summed E-state index contributed by atoms with van der Waals surface area (Å²) >= 11 is 5.62. The lowest BCUT2D eigenvalue weighted by atomic mass is 10.1. The van der Waals surface area contributed by atoms with Crippen LogP contribution in [0.25, 0.3) is 0 Å². The number of halogens is 4.